The van der Waals surface area contributed by atoms with Gasteiger partial charge in [0.05, 0.1) is 22.4 Å². The van der Waals surface area contributed by atoms with Crippen molar-refractivity contribution in [1.29, 1.82) is 0 Å². The van der Waals surface area contributed by atoms with Gasteiger partial charge in [-0.1, -0.05) is 0 Å². The monoisotopic (exact) mass is 399 g/mol. The van der Waals surface area contributed by atoms with Crippen LogP contribution in [0.3, 0.4) is 0 Å². The van der Waals surface area contributed by atoms with Crippen LogP contribution in [-0.2, 0) is 4.74 Å². The summed E-state index contributed by atoms with van der Waals surface area (Å²) in [6.07, 6.45) is 6.59. The predicted molar refractivity (Wildman–Crippen MR) is 110 cm³/mol. The number of nitrogens with zero attached hydrogens (tertiary/aromatic N) is 3. The number of carbonyl (C=O) groups excluding carboxylic acids is 1. The molecule has 0 radical (unpaired) electrons. The van der Waals surface area contributed by atoms with Crippen molar-refractivity contribution in [3.05, 3.63) is 43.7 Å². The largest absolute Gasteiger partial charge is 0.462 e. The van der Waals surface area contributed by atoms with E-state index in [1.165, 1.54) is 6.07 Å². The van der Waals surface area contributed by atoms with Crippen LogP contribution in [0.1, 0.15) is 61.0 Å². The van der Waals surface area contributed by atoms with Gasteiger partial charge >= 0.3 is 5.97 Å². The summed E-state index contributed by atoms with van der Waals surface area (Å²) in [4.78, 5) is 39.0. The maximum atomic E-state index is 13.1. The number of carbonyl (C=O) groups is 1. The summed E-state index contributed by atoms with van der Waals surface area (Å²) in [5, 5.41) is 12.1. The Labute approximate surface area is 168 Å². The number of benzene rings is 1. The van der Waals surface area contributed by atoms with E-state index in [9.17, 15) is 19.7 Å². The van der Waals surface area contributed by atoms with Gasteiger partial charge in [0.1, 0.15) is 11.3 Å². The second kappa shape index (κ2) is 7.50. The van der Waals surface area contributed by atoms with Crippen LogP contribution < -0.4 is 10.3 Å². The van der Waals surface area contributed by atoms with Crippen LogP contribution in [0.25, 0.3) is 10.9 Å². The standard InChI is InChI=1S/C21H25N3O5/c1-3-29-21(26)16-12-23(14-7-8-14)18-13(2)19(22-9-5-4-6-10-22)17(24(27)28)11-15(18)20(16)25/h11-12,14H,3-10H2,1-2H3. The van der Waals surface area contributed by atoms with Crippen LogP contribution >= 0.6 is 0 Å². The number of ether oxygens (including phenoxy) is 1. The number of aromatic nitrogens is 1. The van der Waals surface area contributed by atoms with E-state index in [1.807, 2.05) is 11.5 Å². The van der Waals surface area contributed by atoms with Crippen molar-refractivity contribution >= 4 is 28.2 Å². The van der Waals surface area contributed by atoms with Crippen LogP contribution in [0.5, 0.6) is 0 Å². The Bertz CT molecular complexity index is 1050. The molecule has 8 heteroatoms. The van der Waals surface area contributed by atoms with Crippen molar-refractivity contribution in [2.24, 2.45) is 0 Å². The quantitative estimate of drug-likeness (QED) is 0.432. The topological polar surface area (TPSA) is 94.7 Å². The highest BCUT2D eigenvalue weighted by atomic mass is 16.6. The first-order chi connectivity index (χ1) is 13.9. The summed E-state index contributed by atoms with van der Waals surface area (Å²) >= 11 is 0. The maximum absolute atomic E-state index is 13.1. The van der Waals surface area contributed by atoms with E-state index in [1.54, 1.807) is 13.1 Å². The Morgan fingerprint density at radius 2 is 1.97 bits per heavy atom. The maximum Gasteiger partial charge on any atom is 0.343 e. The van der Waals surface area contributed by atoms with E-state index in [4.69, 9.17) is 4.74 Å². The van der Waals surface area contributed by atoms with Crippen molar-refractivity contribution in [2.45, 2.75) is 52.0 Å². The number of nitro benzene ring substituents is 1. The first kappa shape index (κ1) is 19.4. The zero-order valence-corrected chi connectivity index (χ0v) is 16.8. The molecule has 2 aliphatic rings. The molecule has 1 aromatic carbocycles. The molecular weight excluding hydrogens is 374 g/mol. The third-order valence-electron chi connectivity index (χ3n) is 5.81. The lowest BCUT2D eigenvalue weighted by atomic mass is 10.0. The molecule has 2 heterocycles. The number of piperidine rings is 1. The van der Waals surface area contributed by atoms with Crippen LogP contribution in [0.2, 0.25) is 0 Å². The van der Waals surface area contributed by atoms with Crippen molar-refractivity contribution in [3.8, 4) is 0 Å². The Morgan fingerprint density at radius 1 is 1.28 bits per heavy atom. The van der Waals surface area contributed by atoms with Crippen LogP contribution in [0.15, 0.2) is 17.1 Å². The zero-order chi connectivity index (χ0) is 20.7. The van der Waals surface area contributed by atoms with Gasteiger partial charge in [0, 0.05) is 37.0 Å². The SMILES string of the molecule is CCOC(=O)c1cn(C2CC2)c2c(C)c(N3CCCCC3)c([N+](=O)[O-])cc2c1=O. The molecule has 0 atom stereocenters. The summed E-state index contributed by atoms with van der Waals surface area (Å²) in [6, 6.07) is 1.55. The van der Waals surface area contributed by atoms with Crippen LogP contribution in [0, 0.1) is 17.0 Å². The zero-order valence-electron chi connectivity index (χ0n) is 16.8. The second-order valence-corrected chi connectivity index (χ2v) is 7.80. The molecule has 2 aromatic rings. The minimum Gasteiger partial charge on any atom is -0.462 e. The van der Waals surface area contributed by atoms with Crippen molar-refractivity contribution in [1.82, 2.24) is 4.57 Å². The fourth-order valence-corrected chi connectivity index (χ4v) is 4.34. The molecule has 1 saturated carbocycles. The molecular formula is C21H25N3O5. The lowest BCUT2D eigenvalue weighted by Crippen LogP contribution is -2.31. The molecule has 154 valence electrons. The Morgan fingerprint density at radius 3 is 2.55 bits per heavy atom. The van der Waals surface area contributed by atoms with Gasteiger partial charge in [-0.2, -0.15) is 0 Å². The summed E-state index contributed by atoms with van der Waals surface area (Å²) in [5.41, 5.74) is 1.38. The molecule has 2 fully saturated rings. The van der Waals surface area contributed by atoms with E-state index in [2.05, 4.69) is 4.90 Å². The molecule has 1 saturated heterocycles. The number of aryl methyl sites for hydroxylation is 1. The molecule has 0 N–H and O–H groups in total. The smallest absolute Gasteiger partial charge is 0.343 e. The molecule has 29 heavy (non-hydrogen) atoms. The molecule has 0 unspecified atom stereocenters. The van der Waals surface area contributed by atoms with E-state index in [0.29, 0.717) is 11.2 Å². The highest BCUT2D eigenvalue weighted by molar-refractivity contribution is 5.98. The lowest BCUT2D eigenvalue weighted by molar-refractivity contribution is -0.384. The number of esters is 1. The number of hydrogen-bond acceptors (Lipinski definition) is 6. The van der Waals surface area contributed by atoms with E-state index >= 15 is 0 Å². The molecule has 4 rings (SSSR count). The molecule has 0 bridgehead atoms. The Hall–Kier alpha value is -2.90. The molecule has 1 aliphatic heterocycles. The van der Waals surface area contributed by atoms with Gasteiger partial charge in [-0.15, -0.1) is 0 Å². The normalized spacial score (nSPS) is 16.8. The van der Waals surface area contributed by atoms with Gasteiger partial charge < -0.3 is 14.2 Å². The average Bonchev–Trinajstić information content (AvgIpc) is 3.54. The Balaban J connectivity index is 2.03. The molecule has 0 amide bonds. The molecule has 8 nitrogen and oxygen atoms in total. The fraction of sp³-hybridized carbons (Fsp3) is 0.524. The Kier molecular flexibility index (Phi) is 5.02. The second-order valence-electron chi connectivity index (χ2n) is 7.80. The predicted octanol–water partition coefficient (Wildman–Crippen LogP) is 3.72. The summed E-state index contributed by atoms with van der Waals surface area (Å²) in [6.45, 7) is 5.22. The van der Waals surface area contributed by atoms with Gasteiger partial charge in [0.25, 0.3) is 5.69 Å². The first-order valence-electron chi connectivity index (χ1n) is 10.2. The fourth-order valence-electron chi connectivity index (χ4n) is 4.34. The van der Waals surface area contributed by atoms with E-state index < -0.39 is 16.3 Å². The van der Waals surface area contributed by atoms with Crippen LogP contribution in [-0.4, -0.2) is 35.2 Å². The van der Waals surface area contributed by atoms with Gasteiger partial charge in [0.2, 0.25) is 5.43 Å². The number of fused-ring (bicyclic) bond motifs is 1. The van der Waals surface area contributed by atoms with Gasteiger partial charge in [-0.3, -0.25) is 14.9 Å². The van der Waals surface area contributed by atoms with Gasteiger partial charge in [-0.05, 0) is 46.0 Å². The summed E-state index contributed by atoms with van der Waals surface area (Å²) < 4.78 is 7.00. The third kappa shape index (κ3) is 3.36. The van der Waals surface area contributed by atoms with Crippen molar-refractivity contribution in [2.75, 3.05) is 24.6 Å². The summed E-state index contributed by atoms with van der Waals surface area (Å²) in [7, 11) is 0. The highest BCUT2D eigenvalue weighted by Gasteiger charge is 2.32. The van der Waals surface area contributed by atoms with E-state index in [0.717, 1.165) is 50.8 Å². The minimum atomic E-state index is -0.686. The van der Waals surface area contributed by atoms with Crippen LogP contribution in [0.4, 0.5) is 11.4 Å². The van der Waals surface area contributed by atoms with Crippen molar-refractivity contribution in [3.63, 3.8) is 0 Å². The first-order valence-corrected chi connectivity index (χ1v) is 10.2. The van der Waals surface area contributed by atoms with Gasteiger partial charge in [0.15, 0.2) is 0 Å². The minimum absolute atomic E-state index is 0.0642. The molecule has 1 aromatic heterocycles. The number of anilines is 1. The average molecular weight is 399 g/mol. The number of nitro groups is 1. The summed E-state index contributed by atoms with van der Waals surface area (Å²) in [5.74, 6) is -0.686. The third-order valence-corrected chi connectivity index (χ3v) is 5.81. The van der Waals surface area contributed by atoms with E-state index in [-0.39, 0.29) is 29.3 Å². The number of pyridine rings is 1. The number of hydrogen-bond donors (Lipinski definition) is 0. The molecule has 1 aliphatic carbocycles. The number of rotatable bonds is 5. The van der Waals surface area contributed by atoms with Gasteiger partial charge in [-0.25, -0.2) is 4.79 Å². The highest BCUT2D eigenvalue weighted by Crippen LogP contribution is 2.42. The lowest BCUT2D eigenvalue weighted by Gasteiger charge is -2.30. The molecule has 0 spiro atoms. The van der Waals surface area contributed by atoms with Crippen molar-refractivity contribution < 1.29 is 14.5 Å².